The molecule has 0 spiro atoms. The molecular formula is C29H42N2O5S. The molecular weight excluding hydrogens is 488 g/mol. The van der Waals surface area contributed by atoms with Gasteiger partial charge in [0.2, 0.25) is 0 Å². The molecule has 37 heavy (non-hydrogen) atoms. The Morgan fingerprint density at radius 1 is 1.19 bits per heavy atom. The zero-order valence-electron chi connectivity index (χ0n) is 22.9. The van der Waals surface area contributed by atoms with Crippen molar-refractivity contribution in [2.75, 3.05) is 29.6 Å². The number of carbonyl (C=O) groups is 1. The average molecular weight is 531 g/mol. The number of nitrogens with zero attached hydrogens (tertiary/aromatic N) is 1. The van der Waals surface area contributed by atoms with Gasteiger partial charge in [0.15, 0.2) is 5.75 Å². The van der Waals surface area contributed by atoms with Crippen LogP contribution in [0.5, 0.6) is 5.75 Å². The van der Waals surface area contributed by atoms with Crippen molar-refractivity contribution in [3.63, 3.8) is 0 Å². The van der Waals surface area contributed by atoms with E-state index in [1.807, 2.05) is 36.4 Å². The van der Waals surface area contributed by atoms with E-state index in [9.17, 15) is 13.9 Å². The van der Waals surface area contributed by atoms with Gasteiger partial charge in [-0.15, -0.1) is 0 Å². The smallest absolute Gasteiger partial charge is 0.334 e. The van der Waals surface area contributed by atoms with Crippen LogP contribution < -0.4 is 15.0 Å². The molecule has 8 heteroatoms. The first-order valence-electron chi connectivity index (χ1n) is 12.9. The van der Waals surface area contributed by atoms with Gasteiger partial charge < -0.3 is 19.7 Å². The number of para-hydroxylation sites is 1. The molecule has 1 heterocycles. The zero-order valence-corrected chi connectivity index (χ0v) is 23.7. The van der Waals surface area contributed by atoms with Gasteiger partial charge in [-0.2, -0.15) is 10.6 Å². The Balaban J connectivity index is 2.09. The van der Waals surface area contributed by atoms with E-state index < -0.39 is 22.2 Å². The SMILES string of the molecule is CCCCC1(CC)CN(c2ccccc2)c2cc(NC)c(O/C=C/C(=O)OC(C)(C)C)cc2S(O)(O)C1. The lowest BCUT2D eigenvalue weighted by molar-refractivity contribution is -0.148. The molecule has 3 N–H and O–H groups in total. The van der Waals surface area contributed by atoms with Crippen LogP contribution in [0.1, 0.15) is 60.3 Å². The summed E-state index contributed by atoms with van der Waals surface area (Å²) in [5.74, 6) is 0.168. The maximum atomic E-state index is 12.1. The molecule has 0 saturated carbocycles. The van der Waals surface area contributed by atoms with Gasteiger partial charge in [0, 0.05) is 36.5 Å². The number of hydrogen-bond donors (Lipinski definition) is 3. The summed E-state index contributed by atoms with van der Waals surface area (Å²) in [7, 11) is -1.36. The molecule has 1 aliphatic rings. The van der Waals surface area contributed by atoms with Crippen LogP contribution >= 0.6 is 10.6 Å². The first kappa shape index (κ1) is 28.9. The van der Waals surface area contributed by atoms with Gasteiger partial charge >= 0.3 is 5.97 Å². The second-order valence-electron chi connectivity index (χ2n) is 10.7. The van der Waals surface area contributed by atoms with E-state index in [1.165, 1.54) is 12.3 Å². The van der Waals surface area contributed by atoms with Crippen LogP contribution in [-0.4, -0.2) is 40.0 Å². The van der Waals surface area contributed by atoms with Crippen molar-refractivity contribution in [3.8, 4) is 5.75 Å². The lowest BCUT2D eigenvalue weighted by atomic mass is 9.81. The van der Waals surface area contributed by atoms with Gasteiger partial charge in [-0.25, -0.2) is 4.79 Å². The summed E-state index contributed by atoms with van der Waals surface area (Å²) in [4.78, 5) is 14.7. The Hall–Kier alpha value is -2.68. The summed E-state index contributed by atoms with van der Waals surface area (Å²) in [6, 6.07) is 13.7. The third-order valence-electron chi connectivity index (χ3n) is 6.66. The van der Waals surface area contributed by atoms with E-state index in [2.05, 4.69) is 24.1 Å². The number of fused-ring (bicyclic) bond motifs is 1. The molecule has 1 aliphatic heterocycles. The molecule has 2 aromatic rings. The highest BCUT2D eigenvalue weighted by atomic mass is 32.3. The number of carbonyl (C=O) groups excluding carboxylic acids is 1. The number of esters is 1. The molecule has 0 aromatic heterocycles. The molecule has 1 unspecified atom stereocenters. The molecule has 0 amide bonds. The van der Waals surface area contributed by atoms with Crippen LogP contribution in [0.3, 0.4) is 0 Å². The van der Waals surface area contributed by atoms with Crippen molar-refractivity contribution in [2.24, 2.45) is 5.41 Å². The van der Waals surface area contributed by atoms with Gasteiger partial charge in [0.1, 0.15) is 5.60 Å². The second kappa shape index (κ2) is 11.8. The number of nitrogens with one attached hydrogen (secondary N) is 1. The minimum absolute atomic E-state index is 0.263. The molecule has 0 aliphatic carbocycles. The van der Waals surface area contributed by atoms with Crippen molar-refractivity contribution in [3.05, 3.63) is 54.8 Å². The fraction of sp³-hybridized carbons (Fsp3) is 0.483. The molecule has 2 aromatic carbocycles. The summed E-state index contributed by atoms with van der Waals surface area (Å²) in [5, 5.41) is 3.16. The van der Waals surface area contributed by atoms with E-state index in [0.29, 0.717) is 28.6 Å². The quantitative estimate of drug-likeness (QED) is 0.173. The van der Waals surface area contributed by atoms with Crippen molar-refractivity contribution < 1.29 is 23.4 Å². The number of anilines is 3. The fourth-order valence-corrected chi connectivity index (χ4v) is 6.97. The normalized spacial score (nSPS) is 20.2. The Labute approximate surface area is 223 Å². The lowest BCUT2D eigenvalue weighted by Crippen LogP contribution is -2.37. The lowest BCUT2D eigenvalue weighted by Gasteiger charge is -2.41. The Kier molecular flexibility index (Phi) is 9.21. The molecule has 204 valence electrons. The summed E-state index contributed by atoms with van der Waals surface area (Å²) in [5.41, 5.74) is 1.53. The Bertz CT molecular complexity index is 1100. The topological polar surface area (TPSA) is 91.3 Å². The van der Waals surface area contributed by atoms with Crippen LogP contribution in [-0.2, 0) is 9.53 Å². The maximum absolute atomic E-state index is 12.1. The van der Waals surface area contributed by atoms with E-state index in [0.717, 1.165) is 37.1 Å². The number of unbranched alkanes of at least 4 members (excludes halogenated alkanes) is 1. The molecule has 7 nitrogen and oxygen atoms in total. The third-order valence-corrected chi connectivity index (χ3v) is 8.71. The molecule has 0 fully saturated rings. The van der Waals surface area contributed by atoms with E-state index >= 15 is 0 Å². The highest BCUT2D eigenvalue weighted by molar-refractivity contribution is 8.24. The van der Waals surface area contributed by atoms with Gasteiger partial charge in [-0.05, 0) is 51.8 Å². The highest BCUT2D eigenvalue weighted by Gasteiger charge is 2.42. The predicted molar refractivity (Wildman–Crippen MR) is 153 cm³/mol. The fourth-order valence-electron chi connectivity index (χ4n) is 4.72. The Morgan fingerprint density at radius 2 is 1.89 bits per heavy atom. The van der Waals surface area contributed by atoms with Crippen LogP contribution in [0.15, 0.2) is 59.7 Å². The summed E-state index contributed by atoms with van der Waals surface area (Å²) >= 11 is 0. The van der Waals surface area contributed by atoms with Gasteiger partial charge in [0.25, 0.3) is 0 Å². The Morgan fingerprint density at radius 3 is 2.49 bits per heavy atom. The predicted octanol–water partition coefficient (Wildman–Crippen LogP) is 7.81. The maximum Gasteiger partial charge on any atom is 0.334 e. The first-order valence-corrected chi connectivity index (χ1v) is 14.7. The molecule has 3 rings (SSSR count). The highest BCUT2D eigenvalue weighted by Crippen LogP contribution is 2.62. The summed E-state index contributed by atoms with van der Waals surface area (Å²) in [6.45, 7) is 10.4. The second-order valence-corrected chi connectivity index (χ2v) is 12.8. The van der Waals surface area contributed by atoms with Gasteiger partial charge in [-0.3, -0.25) is 9.11 Å². The van der Waals surface area contributed by atoms with Gasteiger partial charge in [0.05, 0.1) is 28.6 Å². The van der Waals surface area contributed by atoms with Crippen molar-refractivity contribution in [1.29, 1.82) is 0 Å². The monoisotopic (exact) mass is 530 g/mol. The largest absolute Gasteiger partial charge is 0.462 e. The molecule has 1 atom stereocenters. The van der Waals surface area contributed by atoms with Crippen LogP contribution in [0.25, 0.3) is 0 Å². The first-order chi connectivity index (χ1) is 17.4. The summed E-state index contributed by atoms with van der Waals surface area (Å²) < 4.78 is 34.3. The molecule has 0 saturated heterocycles. The van der Waals surface area contributed by atoms with Crippen molar-refractivity contribution in [1.82, 2.24) is 0 Å². The number of benzene rings is 2. The average Bonchev–Trinajstić information content (AvgIpc) is 2.94. The van der Waals surface area contributed by atoms with Crippen LogP contribution in [0.2, 0.25) is 0 Å². The van der Waals surface area contributed by atoms with Crippen molar-refractivity contribution >= 4 is 33.6 Å². The number of hydrogen-bond acceptors (Lipinski definition) is 7. The number of rotatable bonds is 9. The van der Waals surface area contributed by atoms with E-state index in [1.54, 1.807) is 33.9 Å². The molecule has 0 radical (unpaired) electrons. The van der Waals surface area contributed by atoms with Crippen LogP contribution in [0, 0.1) is 5.41 Å². The van der Waals surface area contributed by atoms with E-state index in [4.69, 9.17) is 9.47 Å². The minimum Gasteiger partial charge on any atom is -0.462 e. The summed E-state index contributed by atoms with van der Waals surface area (Å²) in [6.07, 6.45) is 6.30. The minimum atomic E-state index is -3.15. The molecule has 0 bridgehead atoms. The standard InChI is InChI=1S/C29H42N2O5S/c1-7-9-16-29(8-2)20-31(22-13-11-10-12-14-22)24-18-23(30-6)25(19-26(24)37(33,34)21-29)35-17-15-27(32)36-28(3,4)5/h10-15,17-19,30,33-34H,7-9,16,20-21H2,1-6H3/b17-15+. The van der Waals surface area contributed by atoms with Crippen LogP contribution in [0.4, 0.5) is 17.1 Å². The van der Waals surface area contributed by atoms with E-state index in [-0.39, 0.29) is 5.41 Å². The van der Waals surface area contributed by atoms with Gasteiger partial charge in [-0.1, -0.05) is 44.9 Å². The number of ether oxygens (including phenoxy) is 2. The van der Waals surface area contributed by atoms with Crippen molar-refractivity contribution in [2.45, 2.75) is 70.8 Å². The zero-order chi connectivity index (χ0) is 27.3. The third kappa shape index (κ3) is 7.21.